The van der Waals surface area contributed by atoms with E-state index in [-0.39, 0.29) is 29.8 Å². The number of hydrogen-bond acceptors (Lipinski definition) is 5. The summed E-state index contributed by atoms with van der Waals surface area (Å²) in [5.41, 5.74) is 2.36. The Morgan fingerprint density at radius 2 is 1.86 bits per heavy atom. The van der Waals surface area contributed by atoms with Gasteiger partial charge in [-0.05, 0) is 38.0 Å². The van der Waals surface area contributed by atoms with E-state index in [1.54, 1.807) is 4.90 Å². The molecule has 0 aromatic heterocycles. The summed E-state index contributed by atoms with van der Waals surface area (Å²) in [6, 6.07) is 9.00. The van der Waals surface area contributed by atoms with Gasteiger partial charge in [-0.2, -0.15) is 0 Å². The monoisotopic (exact) mass is 398 g/mol. The van der Waals surface area contributed by atoms with Crippen molar-refractivity contribution in [2.24, 2.45) is 0 Å². The molecule has 0 saturated carbocycles. The van der Waals surface area contributed by atoms with Crippen LogP contribution in [-0.4, -0.2) is 46.0 Å². The Hall–Kier alpha value is -3.26. The van der Waals surface area contributed by atoms with Gasteiger partial charge in [-0.3, -0.25) is 14.9 Å². The fourth-order valence-corrected chi connectivity index (χ4v) is 3.46. The molecule has 1 saturated heterocycles. The van der Waals surface area contributed by atoms with E-state index >= 15 is 0 Å². The first-order valence-corrected chi connectivity index (χ1v) is 9.20. The predicted octanol–water partition coefficient (Wildman–Crippen LogP) is 3.51. The van der Waals surface area contributed by atoms with Crippen LogP contribution >= 0.6 is 0 Å². The van der Waals surface area contributed by atoms with Crippen LogP contribution in [0.1, 0.15) is 50.4 Å². The number of carbonyl (C=O) groups excluding carboxylic acids is 1. The second-order valence-electron chi connectivity index (χ2n) is 7.32. The summed E-state index contributed by atoms with van der Waals surface area (Å²) in [4.78, 5) is 36.5. The lowest BCUT2D eigenvalue weighted by Crippen LogP contribution is -2.48. The Kier molecular flexibility index (Phi) is 5.65. The van der Waals surface area contributed by atoms with E-state index in [0.29, 0.717) is 6.61 Å². The molecule has 2 aromatic carbocycles. The lowest BCUT2D eigenvalue weighted by Gasteiger charge is -2.38. The number of carbonyl (C=O) groups is 2. The first kappa shape index (κ1) is 20.5. The van der Waals surface area contributed by atoms with E-state index in [4.69, 9.17) is 4.74 Å². The summed E-state index contributed by atoms with van der Waals surface area (Å²) >= 11 is 0. The molecule has 29 heavy (non-hydrogen) atoms. The van der Waals surface area contributed by atoms with E-state index < -0.39 is 22.5 Å². The van der Waals surface area contributed by atoms with Gasteiger partial charge in [0.1, 0.15) is 6.10 Å². The number of nitrogens with zero attached hydrogens (tertiary/aromatic N) is 2. The zero-order valence-corrected chi connectivity index (χ0v) is 16.4. The predicted molar refractivity (Wildman–Crippen MR) is 105 cm³/mol. The van der Waals surface area contributed by atoms with Crippen molar-refractivity contribution in [3.63, 3.8) is 0 Å². The Morgan fingerprint density at radius 3 is 2.52 bits per heavy atom. The number of aryl methyl sites for hydroxylation is 2. The summed E-state index contributed by atoms with van der Waals surface area (Å²) in [6.45, 7) is 6.36. The summed E-state index contributed by atoms with van der Waals surface area (Å²) in [6.07, 6.45) is -0.326. The highest BCUT2D eigenvalue weighted by molar-refractivity contribution is 5.98. The highest BCUT2D eigenvalue weighted by atomic mass is 16.6. The minimum Gasteiger partial charge on any atom is -0.478 e. The number of nitro groups is 1. The molecular weight excluding hydrogens is 376 g/mol. The van der Waals surface area contributed by atoms with Crippen molar-refractivity contribution in [3.8, 4) is 0 Å². The second-order valence-corrected chi connectivity index (χ2v) is 7.32. The van der Waals surface area contributed by atoms with Crippen LogP contribution in [0.5, 0.6) is 0 Å². The molecule has 1 aliphatic heterocycles. The molecule has 1 heterocycles. The third-order valence-electron chi connectivity index (χ3n) is 5.10. The van der Waals surface area contributed by atoms with Crippen LogP contribution in [0.2, 0.25) is 0 Å². The molecule has 8 heteroatoms. The maximum absolute atomic E-state index is 13.1. The number of aromatic carboxylic acids is 1. The fourth-order valence-electron chi connectivity index (χ4n) is 3.46. The number of carboxylic acid groups (broad SMARTS) is 1. The highest BCUT2D eigenvalue weighted by Crippen LogP contribution is 2.29. The van der Waals surface area contributed by atoms with Crippen molar-refractivity contribution < 1.29 is 24.4 Å². The summed E-state index contributed by atoms with van der Waals surface area (Å²) in [7, 11) is 0. The third-order valence-corrected chi connectivity index (χ3v) is 5.10. The second kappa shape index (κ2) is 8.00. The van der Waals surface area contributed by atoms with Gasteiger partial charge in [0.2, 0.25) is 0 Å². The maximum atomic E-state index is 13.1. The van der Waals surface area contributed by atoms with Gasteiger partial charge in [0.25, 0.3) is 11.6 Å². The van der Waals surface area contributed by atoms with Crippen LogP contribution in [0, 0.1) is 24.0 Å². The van der Waals surface area contributed by atoms with Crippen LogP contribution in [-0.2, 0) is 4.74 Å². The van der Waals surface area contributed by atoms with Crippen molar-refractivity contribution in [1.82, 2.24) is 4.90 Å². The molecule has 0 bridgehead atoms. The minimum absolute atomic E-state index is 0.0231. The van der Waals surface area contributed by atoms with Gasteiger partial charge in [0.05, 0.1) is 29.7 Å². The van der Waals surface area contributed by atoms with Crippen LogP contribution in [0.3, 0.4) is 0 Å². The van der Waals surface area contributed by atoms with Gasteiger partial charge in [0.15, 0.2) is 0 Å². The van der Waals surface area contributed by atoms with Crippen molar-refractivity contribution in [3.05, 3.63) is 74.3 Å². The maximum Gasteiger partial charge on any atom is 0.335 e. The molecule has 2 aromatic rings. The Balaban J connectivity index is 1.94. The van der Waals surface area contributed by atoms with E-state index in [1.165, 1.54) is 6.07 Å². The molecule has 0 aliphatic carbocycles. The first-order chi connectivity index (χ1) is 13.7. The van der Waals surface area contributed by atoms with Gasteiger partial charge in [0, 0.05) is 17.7 Å². The topological polar surface area (TPSA) is 110 Å². The van der Waals surface area contributed by atoms with Gasteiger partial charge in [-0.1, -0.05) is 23.8 Å². The zero-order valence-electron chi connectivity index (χ0n) is 16.4. The van der Waals surface area contributed by atoms with Crippen LogP contribution in [0.4, 0.5) is 5.69 Å². The molecular formula is C21H22N2O6. The van der Waals surface area contributed by atoms with Crippen LogP contribution in [0.25, 0.3) is 0 Å². The molecule has 1 N–H and O–H groups in total. The normalized spacial score (nSPS) is 19.1. The average Bonchev–Trinajstić information content (AvgIpc) is 2.69. The number of hydrogen-bond donors (Lipinski definition) is 1. The van der Waals surface area contributed by atoms with E-state index in [9.17, 15) is 24.8 Å². The lowest BCUT2D eigenvalue weighted by molar-refractivity contribution is -0.384. The Morgan fingerprint density at radius 1 is 1.17 bits per heavy atom. The number of morpholine rings is 1. The van der Waals surface area contributed by atoms with Crippen molar-refractivity contribution in [2.45, 2.75) is 32.9 Å². The number of amides is 1. The smallest absolute Gasteiger partial charge is 0.335 e. The minimum atomic E-state index is -1.33. The number of benzene rings is 2. The number of ether oxygens (including phenoxy) is 1. The summed E-state index contributed by atoms with van der Waals surface area (Å²) < 4.78 is 5.96. The van der Waals surface area contributed by atoms with E-state index in [2.05, 4.69) is 0 Å². The summed E-state index contributed by atoms with van der Waals surface area (Å²) in [5, 5.41) is 20.4. The van der Waals surface area contributed by atoms with Crippen molar-refractivity contribution >= 4 is 17.6 Å². The number of non-ortho nitro benzene ring substituents is 1. The molecule has 3 rings (SSSR count). The van der Waals surface area contributed by atoms with E-state index in [1.807, 2.05) is 39.0 Å². The fraction of sp³-hybridized carbons (Fsp3) is 0.333. The Bertz CT molecular complexity index is 955. The van der Waals surface area contributed by atoms with Gasteiger partial charge in [-0.25, -0.2) is 4.79 Å². The van der Waals surface area contributed by atoms with Crippen LogP contribution in [0.15, 0.2) is 36.4 Å². The summed E-state index contributed by atoms with van der Waals surface area (Å²) in [5.74, 6) is -1.78. The molecule has 1 fully saturated rings. The number of nitro benzene ring substituents is 1. The molecule has 152 valence electrons. The van der Waals surface area contributed by atoms with Crippen molar-refractivity contribution in [1.29, 1.82) is 0 Å². The van der Waals surface area contributed by atoms with Gasteiger partial charge >= 0.3 is 5.97 Å². The van der Waals surface area contributed by atoms with Gasteiger partial charge < -0.3 is 14.7 Å². The largest absolute Gasteiger partial charge is 0.478 e. The molecule has 1 aliphatic rings. The molecule has 1 amide bonds. The van der Waals surface area contributed by atoms with Crippen molar-refractivity contribution in [2.75, 3.05) is 13.2 Å². The standard InChI is InChI=1S/C21H22N2O6/c1-12-4-5-13(2)18(6-12)19-10-22(14(3)11-29-19)20(24)15-7-16(21(25)26)9-17(8-15)23(27)28/h4-9,14,19H,10-11H2,1-3H3,(H,25,26). The molecule has 0 radical (unpaired) electrons. The van der Waals surface area contributed by atoms with E-state index in [0.717, 1.165) is 28.8 Å². The first-order valence-electron chi connectivity index (χ1n) is 9.20. The molecule has 0 spiro atoms. The molecule has 2 unspecified atom stereocenters. The number of rotatable bonds is 4. The van der Waals surface area contributed by atoms with Crippen LogP contribution < -0.4 is 0 Å². The highest BCUT2D eigenvalue weighted by Gasteiger charge is 2.32. The quantitative estimate of drug-likeness (QED) is 0.623. The average molecular weight is 398 g/mol. The number of carboxylic acids is 1. The lowest BCUT2D eigenvalue weighted by atomic mass is 9.98. The molecule has 2 atom stereocenters. The third kappa shape index (κ3) is 4.27. The SMILES string of the molecule is Cc1ccc(C)c(C2CN(C(=O)c3cc(C(=O)O)cc([N+](=O)[O-])c3)C(C)CO2)c1. The van der Waals surface area contributed by atoms with Gasteiger partial charge in [-0.15, -0.1) is 0 Å². The zero-order chi connectivity index (χ0) is 21.3. The molecule has 8 nitrogen and oxygen atoms in total. The Labute approximate surface area is 167 Å².